The number of nitrogens with zero attached hydrogens (tertiary/aromatic N) is 5. The molecular formula is C35H32ClFN6O2. The van der Waals surface area contributed by atoms with E-state index < -0.39 is 17.3 Å². The molecule has 8 nitrogen and oxygen atoms in total. The maximum Gasteiger partial charge on any atom is 0.282 e. The number of para-hydroxylation sites is 1. The first-order valence-electron chi connectivity index (χ1n) is 14.8. The van der Waals surface area contributed by atoms with Crippen LogP contribution in [-0.4, -0.2) is 51.2 Å². The summed E-state index contributed by atoms with van der Waals surface area (Å²) in [7, 11) is 0. The lowest BCUT2D eigenvalue weighted by Crippen LogP contribution is -2.54. The highest BCUT2D eigenvalue weighted by Gasteiger charge is 2.33. The molecule has 5 aromatic rings. The van der Waals surface area contributed by atoms with E-state index in [1.165, 1.54) is 4.90 Å². The lowest BCUT2D eigenvalue weighted by atomic mass is 9.94. The van der Waals surface area contributed by atoms with Gasteiger partial charge in [-0.3, -0.25) is 19.3 Å². The maximum atomic E-state index is 14.5. The highest BCUT2D eigenvalue weighted by atomic mass is 35.5. The van der Waals surface area contributed by atoms with Gasteiger partial charge in [-0.2, -0.15) is 5.10 Å². The number of benzene rings is 3. The molecule has 1 saturated heterocycles. The van der Waals surface area contributed by atoms with Gasteiger partial charge >= 0.3 is 0 Å². The SMILES string of the molecule is [C-]#[N+]c1c(N2CCN(C(=O)C(=C)F)C[C@@H]2C)c2cc(Cl)c(-c3c(C)ccc4[nH]ncc34)cc2n(-c2ccccc2C(C)C)c1=O. The van der Waals surface area contributed by atoms with Crippen molar-refractivity contribution in [2.24, 2.45) is 0 Å². The predicted molar refractivity (Wildman–Crippen MR) is 178 cm³/mol. The van der Waals surface area contributed by atoms with E-state index in [1.807, 2.05) is 67.3 Å². The van der Waals surface area contributed by atoms with Gasteiger partial charge < -0.3 is 9.80 Å². The van der Waals surface area contributed by atoms with Crippen LogP contribution in [0.1, 0.15) is 37.8 Å². The first-order chi connectivity index (χ1) is 21.5. The van der Waals surface area contributed by atoms with Gasteiger partial charge in [0.25, 0.3) is 17.2 Å². The minimum atomic E-state index is -1.02. The molecule has 1 N–H and O–H groups in total. The monoisotopic (exact) mass is 622 g/mol. The summed E-state index contributed by atoms with van der Waals surface area (Å²) in [4.78, 5) is 34.1. The Morgan fingerprint density at radius 1 is 1.18 bits per heavy atom. The van der Waals surface area contributed by atoms with Crippen molar-refractivity contribution in [1.82, 2.24) is 19.7 Å². The second kappa shape index (κ2) is 11.5. The van der Waals surface area contributed by atoms with Crippen molar-refractivity contribution in [2.75, 3.05) is 24.5 Å². The van der Waals surface area contributed by atoms with Crippen LogP contribution in [0, 0.1) is 13.5 Å². The number of pyridine rings is 1. The van der Waals surface area contributed by atoms with Crippen LogP contribution in [0.15, 0.2) is 71.9 Å². The molecule has 0 unspecified atom stereocenters. The Kier molecular flexibility index (Phi) is 7.71. The van der Waals surface area contributed by atoms with Crippen LogP contribution in [0.3, 0.4) is 0 Å². The molecule has 2 aromatic heterocycles. The van der Waals surface area contributed by atoms with E-state index in [2.05, 4.69) is 35.5 Å². The van der Waals surface area contributed by atoms with Crippen molar-refractivity contribution >= 4 is 50.7 Å². The number of rotatable bonds is 5. The second-order valence-corrected chi connectivity index (χ2v) is 12.2. The summed E-state index contributed by atoms with van der Waals surface area (Å²) in [6, 6.07) is 15.1. The minimum Gasteiger partial charge on any atom is -0.373 e. The third-order valence-electron chi connectivity index (χ3n) is 8.66. The third-order valence-corrected chi connectivity index (χ3v) is 8.97. The number of carbonyl (C=O) groups is 1. The van der Waals surface area contributed by atoms with Crippen LogP contribution in [0.5, 0.6) is 0 Å². The molecule has 228 valence electrons. The van der Waals surface area contributed by atoms with Gasteiger partial charge in [-0.1, -0.05) is 56.3 Å². The van der Waals surface area contributed by atoms with Crippen LogP contribution in [0.4, 0.5) is 15.8 Å². The normalized spacial score (nSPS) is 15.2. The van der Waals surface area contributed by atoms with Crippen molar-refractivity contribution in [3.05, 3.63) is 105 Å². The summed E-state index contributed by atoms with van der Waals surface area (Å²) in [5.41, 5.74) is 5.68. The molecule has 0 radical (unpaired) electrons. The summed E-state index contributed by atoms with van der Waals surface area (Å²) >= 11 is 7.12. The van der Waals surface area contributed by atoms with Crippen molar-refractivity contribution in [1.29, 1.82) is 0 Å². The van der Waals surface area contributed by atoms with Gasteiger partial charge in [0.2, 0.25) is 0 Å². The number of carbonyl (C=O) groups excluding carboxylic acids is 1. The Morgan fingerprint density at radius 2 is 1.93 bits per heavy atom. The van der Waals surface area contributed by atoms with Crippen molar-refractivity contribution in [3.63, 3.8) is 0 Å². The number of aryl methyl sites for hydroxylation is 1. The average Bonchev–Trinajstić information content (AvgIpc) is 3.49. The van der Waals surface area contributed by atoms with Crippen LogP contribution in [-0.2, 0) is 4.79 Å². The van der Waals surface area contributed by atoms with E-state index in [1.54, 1.807) is 10.8 Å². The molecule has 45 heavy (non-hydrogen) atoms. The van der Waals surface area contributed by atoms with Gasteiger partial charge in [-0.25, -0.2) is 9.24 Å². The van der Waals surface area contributed by atoms with Gasteiger partial charge in [-0.15, -0.1) is 0 Å². The van der Waals surface area contributed by atoms with Crippen LogP contribution >= 0.6 is 11.6 Å². The summed E-state index contributed by atoms with van der Waals surface area (Å²) in [6.45, 7) is 20.1. The van der Waals surface area contributed by atoms with Crippen LogP contribution in [0.2, 0.25) is 5.02 Å². The van der Waals surface area contributed by atoms with E-state index in [0.29, 0.717) is 27.3 Å². The summed E-state index contributed by atoms with van der Waals surface area (Å²) in [5.74, 6) is -1.67. The van der Waals surface area contributed by atoms with Crippen LogP contribution in [0.25, 0.3) is 43.5 Å². The molecule has 1 aliphatic rings. The Bertz CT molecular complexity index is 2130. The first kappa shape index (κ1) is 30.1. The molecule has 3 aromatic carbocycles. The fourth-order valence-electron chi connectivity index (χ4n) is 6.51. The Morgan fingerprint density at radius 3 is 2.62 bits per heavy atom. The van der Waals surface area contributed by atoms with Crippen molar-refractivity contribution in [2.45, 2.75) is 39.7 Å². The molecule has 0 saturated carbocycles. The van der Waals surface area contributed by atoms with Crippen molar-refractivity contribution < 1.29 is 9.18 Å². The zero-order chi connectivity index (χ0) is 32.2. The number of anilines is 1. The number of H-pyrrole nitrogens is 1. The Hall–Kier alpha value is -4.94. The molecule has 0 spiro atoms. The van der Waals surface area contributed by atoms with E-state index in [4.69, 9.17) is 18.2 Å². The fourth-order valence-corrected chi connectivity index (χ4v) is 6.77. The molecule has 10 heteroatoms. The molecule has 1 fully saturated rings. The topological polar surface area (TPSA) is 78.6 Å². The van der Waals surface area contributed by atoms with E-state index >= 15 is 0 Å². The van der Waals surface area contributed by atoms with E-state index in [0.717, 1.165) is 33.2 Å². The number of piperazine rings is 1. The van der Waals surface area contributed by atoms with Gasteiger partial charge in [0, 0.05) is 47.0 Å². The third kappa shape index (κ3) is 4.95. The number of nitrogens with one attached hydrogen (secondary N) is 1. The minimum absolute atomic E-state index is 0.0421. The van der Waals surface area contributed by atoms with Gasteiger partial charge in [-0.05, 0) is 60.7 Å². The second-order valence-electron chi connectivity index (χ2n) is 11.8. The number of amides is 1. The van der Waals surface area contributed by atoms with E-state index in [-0.39, 0.29) is 37.3 Å². The number of fused-ring (bicyclic) bond motifs is 2. The fraction of sp³-hybridized carbons (Fsp3) is 0.257. The van der Waals surface area contributed by atoms with E-state index in [9.17, 15) is 14.0 Å². The van der Waals surface area contributed by atoms with Gasteiger partial charge in [0.1, 0.15) is 0 Å². The number of aromatic amines is 1. The van der Waals surface area contributed by atoms with Gasteiger partial charge in [0.15, 0.2) is 5.83 Å². The molecule has 0 bridgehead atoms. The lowest BCUT2D eigenvalue weighted by molar-refractivity contribution is -0.129. The standard InChI is InChI=1S/C35H32ClFN6O2/c1-19(2)23-9-7-8-10-29(23)43-30-16-24(31-20(3)11-12-28-26(31)17-39-40-28)27(36)15-25(30)33(32(38-6)35(43)45)42-14-13-41(18-21(42)4)34(44)22(5)37/h7-12,15-17,19,21H,5,13-14,18H2,1-4H3,(H,39,40)/t21-/m0/s1. The van der Waals surface area contributed by atoms with Crippen molar-refractivity contribution in [3.8, 4) is 16.8 Å². The Labute approximate surface area is 265 Å². The smallest absolute Gasteiger partial charge is 0.282 e. The quantitative estimate of drug-likeness (QED) is 0.161. The molecule has 1 atom stereocenters. The zero-order valence-electron chi connectivity index (χ0n) is 25.5. The molecule has 3 heterocycles. The largest absolute Gasteiger partial charge is 0.373 e. The predicted octanol–water partition coefficient (Wildman–Crippen LogP) is 7.69. The highest BCUT2D eigenvalue weighted by Crippen LogP contribution is 2.44. The lowest BCUT2D eigenvalue weighted by Gasteiger charge is -2.42. The van der Waals surface area contributed by atoms with Crippen LogP contribution < -0.4 is 10.5 Å². The highest BCUT2D eigenvalue weighted by molar-refractivity contribution is 6.35. The molecule has 1 aliphatic heterocycles. The number of hydrogen-bond acceptors (Lipinski definition) is 4. The number of halogens is 2. The Balaban J connectivity index is 1.69. The first-order valence-corrected chi connectivity index (χ1v) is 15.1. The summed E-state index contributed by atoms with van der Waals surface area (Å²) in [5, 5.41) is 9.25. The summed E-state index contributed by atoms with van der Waals surface area (Å²) in [6.07, 6.45) is 1.77. The molecule has 1 amide bonds. The maximum absolute atomic E-state index is 14.5. The summed E-state index contributed by atoms with van der Waals surface area (Å²) < 4.78 is 15.4. The molecule has 6 rings (SSSR count). The number of aromatic nitrogens is 3. The average molecular weight is 623 g/mol. The molecule has 0 aliphatic carbocycles. The van der Waals surface area contributed by atoms with Gasteiger partial charge in [0.05, 0.1) is 35.2 Å². The number of hydrogen-bond donors (Lipinski definition) is 1. The zero-order valence-corrected chi connectivity index (χ0v) is 26.2. The molecular weight excluding hydrogens is 591 g/mol.